The van der Waals surface area contributed by atoms with E-state index in [0.717, 1.165) is 25.9 Å². The number of alkyl carbamates (subject to hydrolysis) is 1. The van der Waals surface area contributed by atoms with Crippen molar-refractivity contribution in [2.45, 2.75) is 57.2 Å². The fraction of sp³-hybridized carbons (Fsp3) is 0.462. The second kappa shape index (κ2) is 12.6. The first-order valence-electron chi connectivity index (χ1n) is 11.5. The number of carbonyl (C=O) groups is 2. The zero-order valence-corrected chi connectivity index (χ0v) is 20.7. The first-order chi connectivity index (χ1) is 16.4. The van der Waals surface area contributed by atoms with Crippen molar-refractivity contribution in [1.29, 1.82) is 0 Å². The Kier molecular flexibility index (Phi) is 10.2. The van der Waals surface area contributed by atoms with E-state index in [1.807, 2.05) is 26.8 Å². The number of hydrogen-bond acceptors (Lipinski definition) is 6. The molecule has 2 aromatic carbocycles. The van der Waals surface area contributed by atoms with Crippen molar-refractivity contribution in [3.05, 3.63) is 60.2 Å². The molecule has 1 fully saturated rings. The highest BCUT2D eigenvalue weighted by molar-refractivity contribution is 5.68. The number of para-hydroxylation sites is 1. The summed E-state index contributed by atoms with van der Waals surface area (Å²) in [6, 6.07) is 12.6. The quantitative estimate of drug-likeness (QED) is 0.569. The number of amides is 1. The van der Waals surface area contributed by atoms with Gasteiger partial charge in [-0.1, -0.05) is 30.3 Å². The summed E-state index contributed by atoms with van der Waals surface area (Å²) in [6.45, 7) is 7.71. The number of nitrogens with zero attached hydrogens (tertiary/aromatic N) is 1. The van der Waals surface area contributed by atoms with Crippen LogP contribution in [0.4, 0.5) is 13.6 Å². The molecule has 0 radical (unpaired) electrons. The van der Waals surface area contributed by atoms with Crippen LogP contribution in [0.3, 0.4) is 0 Å². The number of piperidine rings is 1. The van der Waals surface area contributed by atoms with E-state index in [9.17, 15) is 18.4 Å². The molecule has 1 atom stereocenters. The highest BCUT2D eigenvalue weighted by Gasteiger charge is 2.39. The Morgan fingerprint density at radius 3 is 2.26 bits per heavy atom. The van der Waals surface area contributed by atoms with E-state index in [4.69, 9.17) is 15.2 Å². The summed E-state index contributed by atoms with van der Waals surface area (Å²) < 4.78 is 38.4. The van der Waals surface area contributed by atoms with Crippen LogP contribution in [0.15, 0.2) is 54.6 Å². The molecule has 0 aromatic heterocycles. The van der Waals surface area contributed by atoms with Crippen molar-refractivity contribution in [3.8, 4) is 11.5 Å². The van der Waals surface area contributed by atoms with Crippen molar-refractivity contribution in [2.75, 3.05) is 20.1 Å². The van der Waals surface area contributed by atoms with Crippen LogP contribution in [-0.2, 0) is 15.5 Å². The van der Waals surface area contributed by atoms with Crippen LogP contribution in [0.1, 0.15) is 39.2 Å². The third-order valence-electron chi connectivity index (χ3n) is 5.20. The Labute approximate surface area is 205 Å². The molecule has 7 nitrogen and oxygen atoms in total. The molecule has 1 saturated heterocycles. The van der Waals surface area contributed by atoms with Crippen LogP contribution in [0, 0.1) is 0 Å². The number of hydrogen-bond donors (Lipinski definition) is 2. The number of benzene rings is 2. The smallest absolute Gasteiger partial charge is 0.407 e. The Balaban J connectivity index is 0.000000258. The van der Waals surface area contributed by atoms with Gasteiger partial charge in [0.05, 0.1) is 0 Å². The van der Waals surface area contributed by atoms with Gasteiger partial charge in [0.15, 0.2) is 0 Å². The lowest BCUT2D eigenvalue weighted by Crippen LogP contribution is -2.45. The summed E-state index contributed by atoms with van der Waals surface area (Å²) in [6.07, 6.45) is 1.76. The molecule has 9 heteroatoms. The van der Waals surface area contributed by atoms with Crippen LogP contribution in [0.5, 0.6) is 11.5 Å². The summed E-state index contributed by atoms with van der Waals surface area (Å²) >= 11 is 0. The number of carbonyl (C=O) groups excluding carboxylic acids is 2. The second-order valence-electron chi connectivity index (χ2n) is 9.45. The molecule has 1 heterocycles. The van der Waals surface area contributed by atoms with Gasteiger partial charge in [0.25, 0.3) is 5.92 Å². The maximum atomic E-state index is 13.9. The Morgan fingerprint density at radius 2 is 1.69 bits per heavy atom. The van der Waals surface area contributed by atoms with Gasteiger partial charge < -0.3 is 30.2 Å². The van der Waals surface area contributed by atoms with Gasteiger partial charge >= 0.3 is 6.09 Å². The number of rotatable bonds is 6. The van der Waals surface area contributed by atoms with Crippen molar-refractivity contribution in [3.63, 3.8) is 0 Å². The molecule has 0 aliphatic carbocycles. The molecule has 2 aromatic rings. The van der Waals surface area contributed by atoms with Gasteiger partial charge in [-0.15, -0.1) is 0 Å². The van der Waals surface area contributed by atoms with Gasteiger partial charge in [-0.3, -0.25) is 0 Å². The van der Waals surface area contributed by atoms with E-state index >= 15 is 0 Å². The molecule has 0 saturated carbocycles. The number of aldehydes is 1. The van der Waals surface area contributed by atoms with Gasteiger partial charge in [0.2, 0.25) is 0 Å². The normalized spacial score (nSPS) is 15.9. The summed E-state index contributed by atoms with van der Waals surface area (Å²) in [4.78, 5) is 24.2. The Hall–Kier alpha value is -3.04. The van der Waals surface area contributed by atoms with Crippen molar-refractivity contribution < 1.29 is 27.8 Å². The number of likely N-dealkylation sites (tertiary alicyclic amines) is 1. The maximum absolute atomic E-state index is 13.9. The van der Waals surface area contributed by atoms with E-state index in [2.05, 4.69) is 17.3 Å². The highest BCUT2D eigenvalue weighted by Crippen LogP contribution is 2.33. The SMILES string of the molecule is CN1CCC(NC(=O)OC(C)(C)C)CC1.NC(C=O)C(F)(F)c1cccc(Oc2ccccc2)c1. The average Bonchev–Trinajstić information content (AvgIpc) is 2.80. The van der Waals surface area contributed by atoms with E-state index < -0.39 is 17.6 Å². The minimum absolute atomic E-state index is 0.0325. The standard InChI is InChI=1S/C15H13F2NO2.C11H22N2O2/c16-15(17,14(18)10-19)11-5-4-8-13(9-11)20-12-6-2-1-3-7-12;1-11(2,3)15-10(14)12-9-5-7-13(4)8-6-9/h1-10,14H,18H2;9H,5-8H2,1-4H3,(H,12,14). The number of nitrogens with two attached hydrogens (primary N) is 1. The van der Waals surface area contributed by atoms with Crippen molar-refractivity contribution in [2.24, 2.45) is 5.73 Å². The highest BCUT2D eigenvalue weighted by atomic mass is 19.3. The Morgan fingerprint density at radius 1 is 1.09 bits per heavy atom. The molecule has 1 aliphatic rings. The molecule has 0 bridgehead atoms. The zero-order valence-electron chi connectivity index (χ0n) is 20.7. The van der Waals surface area contributed by atoms with Crippen molar-refractivity contribution >= 4 is 12.4 Å². The number of halogens is 2. The van der Waals surface area contributed by atoms with Crippen LogP contribution < -0.4 is 15.8 Å². The summed E-state index contributed by atoms with van der Waals surface area (Å²) in [5, 5.41) is 2.91. The molecule has 0 spiro atoms. The molecule has 1 aliphatic heterocycles. The van der Waals surface area contributed by atoms with E-state index in [1.165, 1.54) is 18.2 Å². The lowest BCUT2D eigenvalue weighted by Gasteiger charge is -2.30. The minimum atomic E-state index is -3.43. The van der Waals surface area contributed by atoms with Gasteiger partial charge in [-0.05, 0) is 78.0 Å². The molecule has 1 unspecified atom stereocenters. The largest absolute Gasteiger partial charge is 0.457 e. The lowest BCUT2D eigenvalue weighted by molar-refractivity contribution is -0.118. The molecule has 3 rings (SSSR count). The van der Waals surface area contributed by atoms with Gasteiger partial charge in [-0.2, -0.15) is 8.78 Å². The average molecular weight is 492 g/mol. The first-order valence-corrected chi connectivity index (χ1v) is 11.5. The third-order valence-corrected chi connectivity index (χ3v) is 5.20. The summed E-state index contributed by atoms with van der Waals surface area (Å²) in [7, 11) is 2.10. The molecular formula is C26H35F2N3O4. The fourth-order valence-electron chi connectivity index (χ4n) is 3.30. The zero-order chi connectivity index (χ0) is 26.1. The maximum Gasteiger partial charge on any atom is 0.407 e. The van der Waals surface area contributed by atoms with Crippen LogP contribution in [0.25, 0.3) is 0 Å². The Bertz CT molecular complexity index is 943. The van der Waals surface area contributed by atoms with Gasteiger partial charge in [-0.25, -0.2) is 4.79 Å². The number of alkyl halides is 2. The predicted molar refractivity (Wildman–Crippen MR) is 131 cm³/mol. The number of nitrogens with one attached hydrogen (secondary N) is 1. The van der Waals surface area contributed by atoms with Crippen LogP contribution in [0.2, 0.25) is 0 Å². The molecule has 35 heavy (non-hydrogen) atoms. The molecule has 1 amide bonds. The van der Waals surface area contributed by atoms with E-state index in [-0.39, 0.29) is 29.7 Å². The lowest BCUT2D eigenvalue weighted by atomic mass is 10.0. The summed E-state index contributed by atoms with van der Waals surface area (Å²) in [5.41, 5.74) is 4.36. The van der Waals surface area contributed by atoms with E-state index in [1.54, 1.807) is 30.3 Å². The fourth-order valence-corrected chi connectivity index (χ4v) is 3.30. The van der Waals surface area contributed by atoms with Gasteiger partial charge in [0.1, 0.15) is 29.4 Å². The summed E-state index contributed by atoms with van der Waals surface area (Å²) in [5.74, 6) is -2.64. The molecule has 192 valence electrons. The molecule has 3 N–H and O–H groups in total. The topological polar surface area (TPSA) is 93.9 Å². The third kappa shape index (κ3) is 9.62. The van der Waals surface area contributed by atoms with E-state index in [0.29, 0.717) is 5.75 Å². The van der Waals surface area contributed by atoms with Crippen LogP contribution >= 0.6 is 0 Å². The van der Waals surface area contributed by atoms with Gasteiger partial charge in [0, 0.05) is 11.6 Å². The predicted octanol–water partition coefficient (Wildman–Crippen LogP) is 4.70. The second-order valence-corrected chi connectivity index (χ2v) is 9.45. The van der Waals surface area contributed by atoms with Crippen LogP contribution in [-0.4, -0.2) is 55.1 Å². The first kappa shape index (κ1) is 28.2. The molecular weight excluding hydrogens is 456 g/mol. The number of ether oxygens (including phenoxy) is 2. The van der Waals surface area contributed by atoms with Crippen molar-refractivity contribution in [1.82, 2.24) is 10.2 Å². The monoisotopic (exact) mass is 491 g/mol. The minimum Gasteiger partial charge on any atom is -0.457 e.